The fraction of sp³-hybridized carbons (Fsp3) is 0.222. The molecule has 78 valence electrons. The monoisotopic (exact) mass is 207 g/mol. The Morgan fingerprint density at radius 3 is 3.07 bits per heavy atom. The number of pyridine rings is 1. The van der Waals surface area contributed by atoms with Crippen LogP contribution in [0.2, 0.25) is 0 Å². The Kier molecular flexibility index (Phi) is 2.59. The van der Waals surface area contributed by atoms with E-state index in [1.807, 2.05) is 0 Å². The van der Waals surface area contributed by atoms with E-state index < -0.39 is 0 Å². The predicted octanol–water partition coefficient (Wildman–Crippen LogP) is 0.632. The summed E-state index contributed by atoms with van der Waals surface area (Å²) in [6.45, 7) is -0.253. The van der Waals surface area contributed by atoms with Gasteiger partial charge in [0.2, 0.25) is 0 Å². The summed E-state index contributed by atoms with van der Waals surface area (Å²) in [4.78, 5) is 7.88. The number of aliphatic hydroxyl groups excluding tert-OH is 1. The van der Waals surface area contributed by atoms with Crippen LogP contribution < -0.4 is 4.74 Å². The summed E-state index contributed by atoms with van der Waals surface area (Å²) in [7, 11) is 1.53. The summed E-state index contributed by atoms with van der Waals surface area (Å²) >= 11 is 0. The van der Waals surface area contributed by atoms with Crippen molar-refractivity contribution >= 4 is 0 Å². The molecule has 0 bridgehead atoms. The van der Waals surface area contributed by atoms with Crippen molar-refractivity contribution < 1.29 is 14.4 Å². The Bertz CT molecular complexity index is 455. The summed E-state index contributed by atoms with van der Waals surface area (Å²) in [5.74, 6) is 1.09. The van der Waals surface area contributed by atoms with Gasteiger partial charge in [-0.1, -0.05) is 5.16 Å². The number of aliphatic hydroxyl groups is 1. The van der Waals surface area contributed by atoms with E-state index in [9.17, 15) is 0 Å². The molecule has 0 spiro atoms. The molecular formula is C9H9N3O3. The van der Waals surface area contributed by atoms with Crippen LogP contribution in [-0.4, -0.2) is 27.3 Å². The van der Waals surface area contributed by atoms with E-state index in [0.29, 0.717) is 17.2 Å². The third-order valence-corrected chi connectivity index (χ3v) is 1.84. The van der Waals surface area contributed by atoms with Crippen LogP contribution >= 0.6 is 0 Å². The second kappa shape index (κ2) is 4.05. The molecule has 0 amide bonds. The van der Waals surface area contributed by atoms with Gasteiger partial charge in [-0.25, -0.2) is 0 Å². The predicted molar refractivity (Wildman–Crippen MR) is 50.0 cm³/mol. The van der Waals surface area contributed by atoms with Crippen molar-refractivity contribution in [3.8, 4) is 17.2 Å². The van der Waals surface area contributed by atoms with E-state index in [0.717, 1.165) is 0 Å². The molecule has 2 aromatic heterocycles. The lowest BCUT2D eigenvalue weighted by atomic mass is 10.2. The third kappa shape index (κ3) is 1.79. The highest BCUT2D eigenvalue weighted by atomic mass is 16.5. The van der Waals surface area contributed by atoms with Crippen molar-refractivity contribution in [1.29, 1.82) is 0 Å². The number of hydrogen-bond donors (Lipinski definition) is 1. The first-order valence-electron chi connectivity index (χ1n) is 4.27. The first kappa shape index (κ1) is 9.60. The standard InChI is InChI=1S/C9H9N3O3/c1-14-7-4-10-3-2-6(7)9-11-8(5-13)12-15-9/h2-4,13H,5H2,1H3. The lowest BCUT2D eigenvalue weighted by Crippen LogP contribution is -1.89. The summed E-state index contributed by atoms with van der Waals surface area (Å²) in [5.41, 5.74) is 0.653. The lowest BCUT2D eigenvalue weighted by Gasteiger charge is -2.01. The van der Waals surface area contributed by atoms with Crippen molar-refractivity contribution in [3.05, 3.63) is 24.3 Å². The number of methoxy groups -OCH3 is 1. The molecule has 0 saturated carbocycles. The van der Waals surface area contributed by atoms with Crippen LogP contribution in [0.5, 0.6) is 5.75 Å². The maximum absolute atomic E-state index is 8.80. The molecule has 0 fully saturated rings. The first-order chi connectivity index (χ1) is 7.35. The van der Waals surface area contributed by atoms with Gasteiger partial charge in [0.05, 0.1) is 18.9 Å². The number of aromatic nitrogens is 3. The average Bonchev–Trinajstić information content (AvgIpc) is 2.77. The molecule has 0 unspecified atom stereocenters. The van der Waals surface area contributed by atoms with Gasteiger partial charge in [0.25, 0.3) is 5.89 Å². The Labute approximate surface area is 85.5 Å². The Hall–Kier alpha value is -1.95. The van der Waals surface area contributed by atoms with E-state index in [1.165, 1.54) is 7.11 Å². The van der Waals surface area contributed by atoms with Crippen LogP contribution in [0.15, 0.2) is 23.0 Å². The molecule has 0 aromatic carbocycles. The molecular weight excluding hydrogens is 198 g/mol. The van der Waals surface area contributed by atoms with Crippen LogP contribution in [0, 0.1) is 0 Å². The van der Waals surface area contributed by atoms with Crippen molar-refractivity contribution in [2.45, 2.75) is 6.61 Å². The molecule has 0 radical (unpaired) electrons. The third-order valence-electron chi connectivity index (χ3n) is 1.84. The minimum Gasteiger partial charge on any atom is -0.494 e. The zero-order valence-electron chi connectivity index (χ0n) is 8.04. The minimum absolute atomic E-state index is 0.240. The smallest absolute Gasteiger partial charge is 0.261 e. The summed E-state index contributed by atoms with van der Waals surface area (Å²) in [5, 5.41) is 12.4. The minimum atomic E-state index is -0.253. The molecule has 0 saturated heterocycles. The van der Waals surface area contributed by atoms with Crippen LogP contribution in [-0.2, 0) is 6.61 Å². The topological polar surface area (TPSA) is 81.3 Å². The van der Waals surface area contributed by atoms with Gasteiger partial charge in [0.15, 0.2) is 5.82 Å². The van der Waals surface area contributed by atoms with Gasteiger partial charge in [-0.15, -0.1) is 0 Å². The van der Waals surface area contributed by atoms with Gasteiger partial charge in [-0.3, -0.25) is 4.98 Å². The SMILES string of the molecule is COc1cnccc1-c1nc(CO)no1. The number of hydrogen-bond acceptors (Lipinski definition) is 6. The fourth-order valence-electron chi connectivity index (χ4n) is 1.15. The van der Waals surface area contributed by atoms with E-state index in [2.05, 4.69) is 15.1 Å². The highest BCUT2D eigenvalue weighted by Gasteiger charge is 2.12. The van der Waals surface area contributed by atoms with Gasteiger partial charge in [0.1, 0.15) is 12.4 Å². The van der Waals surface area contributed by atoms with E-state index in [4.69, 9.17) is 14.4 Å². The summed E-state index contributed by atoms with van der Waals surface area (Å²) in [6, 6.07) is 1.70. The lowest BCUT2D eigenvalue weighted by molar-refractivity contribution is 0.264. The van der Waals surface area contributed by atoms with Crippen molar-refractivity contribution in [2.24, 2.45) is 0 Å². The van der Waals surface area contributed by atoms with Crippen LogP contribution in [0.25, 0.3) is 11.5 Å². The molecule has 0 aliphatic rings. The van der Waals surface area contributed by atoms with Crippen LogP contribution in [0.3, 0.4) is 0 Å². The van der Waals surface area contributed by atoms with Crippen LogP contribution in [0.4, 0.5) is 0 Å². The Morgan fingerprint density at radius 2 is 2.40 bits per heavy atom. The molecule has 0 aliphatic carbocycles. The van der Waals surface area contributed by atoms with Gasteiger partial charge in [0, 0.05) is 6.20 Å². The molecule has 0 atom stereocenters. The Morgan fingerprint density at radius 1 is 1.53 bits per heavy atom. The zero-order valence-corrected chi connectivity index (χ0v) is 8.04. The Balaban J connectivity index is 2.44. The van der Waals surface area contributed by atoms with Gasteiger partial charge in [-0.05, 0) is 6.07 Å². The molecule has 15 heavy (non-hydrogen) atoms. The molecule has 2 rings (SSSR count). The van der Waals surface area contributed by atoms with Crippen LogP contribution in [0.1, 0.15) is 5.82 Å². The van der Waals surface area contributed by atoms with Crippen molar-refractivity contribution in [1.82, 2.24) is 15.1 Å². The quantitative estimate of drug-likeness (QED) is 0.795. The van der Waals surface area contributed by atoms with Gasteiger partial charge >= 0.3 is 0 Å². The normalized spacial score (nSPS) is 10.3. The maximum atomic E-state index is 8.80. The molecule has 2 aromatic rings. The molecule has 1 N–H and O–H groups in total. The van der Waals surface area contributed by atoms with Crippen molar-refractivity contribution in [2.75, 3.05) is 7.11 Å². The zero-order chi connectivity index (χ0) is 10.7. The summed E-state index contributed by atoms with van der Waals surface area (Å²) in [6.07, 6.45) is 3.15. The van der Waals surface area contributed by atoms with Gasteiger partial charge < -0.3 is 14.4 Å². The van der Waals surface area contributed by atoms with Gasteiger partial charge in [-0.2, -0.15) is 4.98 Å². The van der Waals surface area contributed by atoms with E-state index >= 15 is 0 Å². The molecule has 6 nitrogen and oxygen atoms in total. The number of ether oxygens (including phenoxy) is 1. The second-order valence-electron chi connectivity index (χ2n) is 2.75. The highest BCUT2D eigenvalue weighted by Crippen LogP contribution is 2.26. The van der Waals surface area contributed by atoms with Crippen molar-refractivity contribution in [3.63, 3.8) is 0 Å². The van der Waals surface area contributed by atoms with E-state index in [1.54, 1.807) is 18.5 Å². The molecule has 2 heterocycles. The fourth-order valence-corrected chi connectivity index (χ4v) is 1.15. The molecule has 6 heteroatoms. The average molecular weight is 207 g/mol. The largest absolute Gasteiger partial charge is 0.494 e. The first-order valence-corrected chi connectivity index (χ1v) is 4.27. The maximum Gasteiger partial charge on any atom is 0.261 e. The number of nitrogens with zero attached hydrogens (tertiary/aromatic N) is 3. The highest BCUT2D eigenvalue weighted by molar-refractivity contribution is 5.61. The summed E-state index contributed by atoms with van der Waals surface area (Å²) < 4.78 is 10.0. The second-order valence-corrected chi connectivity index (χ2v) is 2.75. The van der Waals surface area contributed by atoms with E-state index in [-0.39, 0.29) is 12.4 Å². The molecule has 0 aliphatic heterocycles. The number of rotatable bonds is 3.